The van der Waals surface area contributed by atoms with Gasteiger partial charge in [0.2, 0.25) is 0 Å². The van der Waals surface area contributed by atoms with E-state index in [1.807, 2.05) is 6.92 Å². The molecule has 2 fully saturated rings. The molecule has 2 aliphatic carbocycles. The van der Waals surface area contributed by atoms with Gasteiger partial charge in [-0.1, -0.05) is 50.1 Å². The lowest BCUT2D eigenvalue weighted by Crippen LogP contribution is -2.59. The normalized spacial score (nSPS) is 32.5. The van der Waals surface area contributed by atoms with Crippen LogP contribution >= 0.6 is 0 Å². The van der Waals surface area contributed by atoms with E-state index in [9.17, 15) is 14.7 Å². The number of carboxylic acid groups (broad SMARTS) is 1. The number of carbonyl (C=O) groups excluding carboxylic acids is 1. The number of Topliss-reactive ketones (excluding diaryl/α,β-unsaturated/α-hetero) is 1. The molecule has 0 aromatic heterocycles. The predicted octanol–water partition coefficient (Wildman–Crippen LogP) is 7.42. The third-order valence-corrected chi connectivity index (χ3v) is 9.07. The highest BCUT2D eigenvalue weighted by atomic mass is 16.4. The molecule has 2 N–H and O–H groups in total. The van der Waals surface area contributed by atoms with E-state index in [1.54, 1.807) is 13.0 Å². The summed E-state index contributed by atoms with van der Waals surface area (Å²) in [6.07, 6.45) is 15.2. The molecule has 34 heavy (non-hydrogen) atoms. The molecule has 0 spiro atoms. The molecule has 0 amide bonds. The van der Waals surface area contributed by atoms with Crippen LogP contribution in [0.3, 0.4) is 0 Å². The third-order valence-electron chi connectivity index (χ3n) is 9.07. The van der Waals surface area contributed by atoms with Gasteiger partial charge in [0, 0.05) is 17.4 Å². The largest absolute Gasteiger partial charge is 0.478 e. The van der Waals surface area contributed by atoms with Crippen LogP contribution in [0.25, 0.3) is 0 Å². The highest BCUT2D eigenvalue weighted by Crippen LogP contribution is 2.62. The Kier molecular flexibility index (Phi) is 9.55. The maximum Gasteiger partial charge on any atom is 0.330 e. The van der Waals surface area contributed by atoms with Crippen molar-refractivity contribution in [3.8, 4) is 0 Å². The maximum absolute atomic E-state index is 12.6. The molecule has 4 heteroatoms. The number of ketones is 1. The van der Waals surface area contributed by atoms with Crippen LogP contribution in [-0.4, -0.2) is 27.6 Å². The van der Waals surface area contributed by atoms with Crippen LogP contribution in [0.5, 0.6) is 0 Å². The molecule has 0 saturated heterocycles. The van der Waals surface area contributed by atoms with E-state index >= 15 is 0 Å². The average Bonchev–Trinajstić information content (AvgIpc) is 2.72. The predicted molar refractivity (Wildman–Crippen MR) is 140 cm³/mol. The Morgan fingerprint density at radius 2 is 1.50 bits per heavy atom. The van der Waals surface area contributed by atoms with E-state index in [2.05, 4.69) is 46.8 Å². The monoisotopic (exact) mass is 472 g/mol. The van der Waals surface area contributed by atoms with Crippen LogP contribution in [0.1, 0.15) is 113 Å². The number of aliphatic carboxylic acids is 1. The number of rotatable bonds is 10. The molecule has 4 nitrogen and oxygen atoms in total. The lowest BCUT2D eigenvalue weighted by atomic mass is 9.45. The van der Waals surface area contributed by atoms with Crippen molar-refractivity contribution in [2.24, 2.45) is 22.7 Å². The number of hydrogen-bond acceptors (Lipinski definition) is 3. The number of aliphatic hydroxyl groups is 1. The first kappa shape index (κ1) is 28.6. The van der Waals surface area contributed by atoms with Gasteiger partial charge in [0.25, 0.3) is 0 Å². The molecule has 0 unspecified atom stereocenters. The molecule has 0 bridgehead atoms. The van der Waals surface area contributed by atoms with Gasteiger partial charge in [0.15, 0.2) is 0 Å². The van der Waals surface area contributed by atoms with Crippen LogP contribution in [-0.2, 0) is 9.59 Å². The van der Waals surface area contributed by atoms with E-state index in [4.69, 9.17) is 5.11 Å². The minimum absolute atomic E-state index is 0.00813. The Labute approximate surface area is 207 Å². The summed E-state index contributed by atoms with van der Waals surface area (Å²) in [6.45, 7) is 14.5. The van der Waals surface area contributed by atoms with Crippen LogP contribution in [0.2, 0.25) is 0 Å². The lowest BCUT2D eigenvalue weighted by molar-refractivity contribution is -0.177. The smallest absolute Gasteiger partial charge is 0.330 e. The van der Waals surface area contributed by atoms with Crippen LogP contribution in [0, 0.1) is 22.7 Å². The Hall–Kier alpha value is -1.68. The van der Waals surface area contributed by atoms with Crippen molar-refractivity contribution in [3.63, 3.8) is 0 Å². The van der Waals surface area contributed by atoms with E-state index in [0.29, 0.717) is 23.7 Å². The summed E-state index contributed by atoms with van der Waals surface area (Å²) in [6, 6.07) is 0. The van der Waals surface area contributed by atoms with Gasteiger partial charge in [-0.3, -0.25) is 4.79 Å². The molecular formula is C30H48O4. The minimum Gasteiger partial charge on any atom is -0.478 e. The zero-order chi connectivity index (χ0) is 25.7. The molecule has 0 radical (unpaired) electrons. The summed E-state index contributed by atoms with van der Waals surface area (Å²) in [4.78, 5) is 23.5. The first-order chi connectivity index (χ1) is 15.7. The Morgan fingerprint density at radius 1 is 0.941 bits per heavy atom. The molecular weight excluding hydrogens is 424 g/mol. The van der Waals surface area contributed by atoms with Gasteiger partial charge in [-0.2, -0.15) is 0 Å². The molecule has 0 heterocycles. The molecule has 0 aromatic carbocycles. The summed E-state index contributed by atoms with van der Waals surface area (Å²) >= 11 is 0. The summed E-state index contributed by atoms with van der Waals surface area (Å²) in [7, 11) is 0. The molecule has 2 aliphatic rings. The third kappa shape index (κ3) is 6.71. The van der Waals surface area contributed by atoms with Gasteiger partial charge in [-0.05, 0) is 103 Å². The van der Waals surface area contributed by atoms with Crippen LogP contribution in [0.4, 0.5) is 0 Å². The number of fused-ring (bicyclic) bond motifs is 1. The summed E-state index contributed by atoms with van der Waals surface area (Å²) < 4.78 is 0. The quantitative estimate of drug-likeness (QED) is 0.256. The van der Waals surface area contributed by atoms with E-state index in [1.165, 1.54) is 11.1 Å². The highest BCUT2D eigenvalue weighted by Gasteiger charge is 2.59. The number of carboxylic acids is 1. The fourth-order valence-corrected chi connectivity index (χ4v) is 6.82. The Morgan fingerprint density at radius 3 is 2.09 bits per heavy atom. The second kappa shape index (κ2) is 11.4. The van der Waals surface area contributed by atoms with E-state index < -0.39 is 11.6 Å². The van der Waals surface area contributed by atoms with Crippen molar-refractivity contribution in [1.82, 2.24) is 0 Å². The van der Waals surface area contributed by atoms with Gasteiger partial charge in [-0.15, -0.1) is 0 Å². The second-order valence-electron chi connectivity index (χ2n) is 12.1. The number of hydrogen-bond donors (Lipinski definition) is 2. The standard InChI is InChI=1S/C30H48O4/c1-21(13-9-15-23(3)27(32)33)11-8-12-22(2)14-10-16-25-29(6)19-18-26(31)28(4,5)24(29)17-20-30(25,7)34/h11,14-15,24-25,34H,8-10,12-13,16-20H2,1-7H3,(H,32,33)/t24-,25+,29-,30-/m1/s1. The SMILES string of the molecule is CC(=CCCC(C)=CCC[C@H]1[C@]2(C)CCC(=O)C(C)(C)[C@H]2CC[C@@]1(C)O)CCC=C(C)C(=O)O. The molecule has 2 rings (SSSR count). The molecule has 192 valence electrons. The lowest BCUT2D eigenvalue weighted by Gasteiger charge is -2.60. The summed E-state index contributed by atoms with van der Waals surface area (Å²) in [5.41, 5.74) is 2.13. The van der Waals surface area contributed by atoms with Crippen molar-refractivity contribution in [2.45, 2.75) is 118 Å². The first-order valence-electron chi connectivity index (χ1n) is 13.2. The second-order valence-corrected chi connectivity index (χ2v) is 12.1. The van der Waals surface area contributed by atoms with Gasteiger partial charge in [-0.25, -0.2) is 4.79 Å². The van der Waals surface area contributed by atoms with Gasteiger partial charge in [0.05, 0.1) is 5.60 Å². The van der Waals surface area contributed by atoms with Crippen LogP contribution in [0.15, 0.2) is 34.9 Å². The number of carbonyl (C=O) groups is 2. The summed E-state index contributed by atoms with van der Waals surface area (Å²) in [5, 5.41) is 20.2. The van der Waals surface area contributed by atoms with E-state index in [-0.39, 0.29) is 16.7 Å². The number of allylic oxidation sites excluding steroid dienone is 5. The van der Waals surface area contributed by atoms with Crippen molar-refractivity contribution in [3.05, 3.63) is 34.9 Å². The summed E-state index contributed by atoms with van der Waals surface area (Å²) in [5.74, 6) is 0.100. The maximum atomic E-state index is 12.6. The van der Waals surface area contributed by atoms with Crippen molar-refractivity contribution in [2.75, 3.05) is 0 Å². The highest BCUT2D eigenvalue weighted by molar-refractivity contribution is 5.86. The molecule has 0 aromatic rings. The Bertz CT molecular complexity index is 842. The van der Waals surface area contributed by atoms with Gasteiger partial charge >= 0.3 is 5.97 Å². The molecule has 0 aliphatic heterocycles. The average molecular weight is 473 g/mol. The molecule has 4 atom stereocenters. The minimum atomic E-state index is -0.845. The zero-order valence-corrected chi connectivity index (χ0v) is 22.7. The fraction of sp³-hybridized carbons (Fsp3) is 0.733. The van der Waals surface area contributed by atoms with E-state index in [0.717, 1.165) is 57.8 Å². The Balaban J connectivity index is 1.92. The fourth-order valence-electron chi connectivity index (χ4n) is 6.82. The topological polar surface area (TPSA) is 74.6 Å². The zero-order valence-electron chi connectivity index (χ0n) is 22.7. The van der Waals surface area contributed by atoms with Crippen LogP contribution < -0.4 is 0 Å². The van der Waals surface area contributed by atoms with Gasteiger partial charge in [0.1, 0.15) is 5.78 Å². The van der Waals surface area contributed by atoms with Gasteiger partial charge < -0.3 is 10.2 Å². The first-order valence-corrected chi connectivity index (χ1v) is 13.2. The van der Waals surface area contributed by atoms with Crippen molar-refractivity contribution >= 4 is 11.8 Å². The van der Waals surface area contributed by atoms with Crippen molar-refractivity contribution < 1.29 is 19.8 Å². The van der Waals surface area contributed by atoms with Crippen molar-refractivity contribution in [1.29, 1.82) is 0 Å². The molecule has 2 saturated carbocycles.